The van der Waals surface area contributed by atoms with Crippen molar-refractivity contribution in [1.82, 2.24) is 10.2 Å². The third-order valence-corrected chi connectivity index (χ3v) is 7.36. The Morgan fingerprint density at radius 2 is 1.79 bits per heavy atom. The first-order chi connectivity index (χ1) is 13.2. The molecule has 6 nitrogen and oxygen atoms in total. The fraction of sp³-hybridized carbons (Fsp3) is 0.294. The molecule has 28 heavy (non-hydrogen) atoms. The number of hydrogen-bond donors (Lipinski definition) is 1. The molecule has 0 spiro atoms. The first-order valence-electron chi connectivity index (χ1n) is 8.36. The van der Waals surface area contributed by atoms with Gasteiger partial charge in [-0.2, -0.15) is 13.2 Å². The molecule has 1 saturated carbocycles. The Kier molecular flexibility index (Phi) is 4.66. The molecule has 2 heterocycles. The molecular weight excluding hydrogens is 415 g/mol. The van der Waals surface area contributed by atoms with Gasteiger partial charge in [0.2, 0.25) is 5.89 Å². The minimum Gasteiger partial charge on any atom is -0.420 e. The molecule has 11 heteroatoms. The molecule has 0 amide bonds. The lowest BCUT2D eigenvalue weighted by Gasteiger charge is -2.20. The van der Waals surface area contributed by atoms with E-state index in [1.54, 1.807) is 6.07 Å². The topological polar surface area (TPSA) is 85.1 Å². The molecule has 0 unspecified atom stereocenters. The third-order valence-electron chi connectivity index (χ3n) is 4.42. The van der Waals surface area contributed by atoms with Crippen LogP contribution >= 0.6 is 11.3 Å². The zero-order valence-corrected chi connectivity index (χ0v) is 15.9. The highest BCUT2D eigenvalue weighted by Crippen LogP contribution is 2.38. The molecule has 1 aromatic carbocycles. The van der Waals surface area contributed by atoms with Crippen molar-refractivity contribution in [2.24, 2.45) is 0 Å². The monoisotopic (exact) mass is 429 g/mol. The highest BCUT2D eigenvalue weighted by Gasteiger charge is 2.30. The van der Waals surface area contributed by atoms with Gasteiger partial charge in [-0.3, -0.25) is 4.72 Å². The van der Waals surface area contributed by atoms with E-state index in [1.807, 2.05) is 0 Å². The summed E-state index contributed by atoms with van der Waals surface area (Å²) in [5.41, 5.74) is -0.819. The minimum atomic E-state index is -4.48. The quantitative estimate of drug-likeness (QED) is 0.625. The summed E-state index contributed by atoms with van der Waals surface area (Å²) in [7, 11) is -3.95. The lowest BCUT2D eigenvalue weighted by molar-refractivity contribution is -0.137. The average Bonchev–Trinajstić information content (AvgIpc) is 3.22. The summed E-state index contributed by atoms with van der Waals surface area (Å²) >= 11 is 0.944. The maximum atomic E-state index is 12.6. The normalized spacial score (nSPS) is 15.4. The van der Waals surface area contributed by atoms with Gasteiger partial charge < -0.3 is 4.42 Å². The summed E-state index contributed by atoms with van der Waals surface area (Å²) in [6.45, 7) is 0. The summed E-state index contributed by atoms with van der Waals surface area (Å²) in [5, 5.41) is 7.99. The van der Waals surface area contributed by atoms with Crippen molar-refractivity contribution in [1.29, 1.82) is 0 Å². The van der Waals surface area contributed by atoms with Crippen LogP contribution in [0.3, 0.4) is 0 Å². The third kappa shape index (κ3) is 3.76. The Hall–Kier alpha value is -2.40. The first kappa shape index (κ1) is 18.9. The SMILES string of the molecule is O=S(=O)(Nc1ccc(C(F)(F)F)cc1)c1ccc(-c2nnc(C3CCC3)o2)s1. The molecule has 1 aliphatic carbocycles. The van der Waals surface area contributed by atoms with E-state index in [4.69, 9.17) is 4.42 Å². The average molecular weight is 429 g/mol. The Bertz CT molecular complexity index is 1080. The van der Waals surface area contributed by atoms with Gasteiger partial charge in [-0.25, -0.2) is 8.42 Å². The second-order valence-electron chi connectivity index (χ2n) is 6.37. The smallest absolute Gasteiger partial charge is 0.416 e. The van der Waals surface area contributed by atoms with Gasteiger partial charge in [-0.05, 0) is 49.2 Å². The molecule has 0 saturated heterocycles. The Morgan fingerprint density at radius 3 is 2.39 bits per heavy atom. The van der Waals surface area contributed by atoms with Crippen LogP contribution in [0, 0.1) is 0 Å². The molecular formula is C17H14F3N3O3S2. The number of halogens is 3. The number of aromatic nitrogens is 2. The molecule has 0 atom stereocenters. The number of thiophene rings is 1. The van der Waals surface area contributed by atoms with Crippen LogP contribution in [0.5, 0.6) is 0 Å². The van der Waals surface area contributed by atoms with Gasteiger partial charge in [-0.15, -0.1) is 21.5 Å². The molecule has 3 aromatic rings. The van der Waals surface area contributed by atoms with Crippen LogP contribution < -0.4 is 4.72 Å². The summed E-state index contributed by atoms with van der Waals surface area (Å²) in [4.78, 5) is 0.505. The minimum absolute atomic E-state index is 0.00853. The van der Waals surface area contributed by atoms with Crippen molar-refractivity contribution < 1.29 is 26.0 Å². The summed E-state index contributed by atoms with van der Waals surface area (Å²) in [6.07, 6.45) is -1.35. The van der Waals surface area contributed by atoms with Crippen molar-refractivity contribution in [2.75, 3.05) is 4.72 Å². The molecule has 0 aliphatic heterocycles. The number of benzene rings is 1. The van der Waals surface area contributed by atoms with Crippen LogP contribution in [0.2, 0.25) is 0 Å². The zero-order chi connectivity index (χ0) is 19.9. The number of rotatable bonds is 5. The number of anilines is 1. The molecule has 0 radical (unpaired) electrons. The van der Waals surface area contributed by atoms with Gasteiger partial charge in [0.15, 0.2) is 0 Å². The second kappa shape index (κ2) is 6.89. The van der Waals surface area contributed by atoms with E-state index in [0.717, 1.165) is 54.9 Å². The van der Waals surface area contributed by atoms with Crippen molar-refractivity contribution in [3.05, 3.63) is 47.9 Å². The largest absolute Gasteiger partial charge is 0.420 e. The van der Waals surface area contributed by atoms with Crippen molar-refractivity contribution in [2.45, 2.75) is 35.6 Å². The van der Waals surface area contributed by atoms with E-state index < -0.39 is 21.8 Å². The Morgan fingerprint density at radius 1 is 1.07 bits per heavy atom. The predicted octanol–water partition coefficient (Wildman–Crippen LogP) is 4.89. The lowest BCUT2D eigenvalue weighted by atomic mass is 9.85. The summed E-state index contributed by atoms with van der Waals surface area (Å²) in [5.74, 6) is 1.08. The molecule has 4 rings (SSSR count). The number of nitrogens with one attached hydrogen (secondary N) is 1. The first-order valence-corrected chi connectivity index (χ1v) is 10.7. The maximum Gasteiger partial charge on any atom is 0.416 e. The summed E-state index contributed by atoms with van der Waals surface area (Å²) in [6, 6.07) is 6.72. The maximum absolute atomic E-state index is 12.6. The molecule has 1 aliphatic rings. The molecule has 1 N–H and O–H groups in total. The fourth-order valence-electron chi connectivity index (χ4n) is 2.67. The van der Waals surface area contributed by atoms with Crippen molar-refractivity contribution >= 4 is 27.0 Å². The van der Waals surface area contributed by atoms with Crippen LogP contribution in [0.25, 0.3) is 10.8 Å². The second-order valence-corrected chi connectivity index (χ2v) is 9.37. The van der Waals surface area contributed by atoms with E-state index in [0.29, 0.717) is 10.8 Å². The van der Waals surface area contributed by atoms with Gasteiger partial charge in [-0.1, -0.05) is 6.42 Å². The van der Waals surface area contributed by atoms with Crippen LogP contribution in [0.4, 0.5) is 18.9 Å². The van der Waals surface area contributed by atoms with Crippen LogP contribution in [-0.4, -0.2) is 18.6 Å². The number of alkyl halides is 3. The standard InChI is InChI=1S/C17H14F3N3O3S2/c18-17(19,20)11-4-6-12(7-5-11)23-28(24,25)14-9-8-13(27-14)16-22-21-15(26-16)10-2-1-3-10/h4-10,23H,1-3H2. The molecule has 148 valence electrons. The van der Waals surface area contributed by atoms with Gasteiger partial charge in [0.25, 0.3) is 15.9 Å². The Balaban J connectivity index is 1.51. The van der Waals surface area contributed by atoms with E-state index >= 15 is 0 Å². The highest BCUT2D eigenvalue weighted by atomic mass is 32.2. The van der Waals surface area contributed by atoms with Gasteiger partial charge in [0, 0.05) is 11.6 Å². The van der Waals surface area contributed by atoms with E-state index in [-0.39, 0.29) is 21.7 Å². The van der Waals surface area contributed by atoms with E-state index in [1.165, 1.54) is 6.07 Å². The van der Waals surface area contributed by atoms with Gasteiger partial charge in [0.1, 0.15) is 4.21 Å². The Labute approximate surface area is 162 Å². The van der Waals surface area contributed by atoms with Gasteiger partial charge >= 0.3 is 6.18 Å². The van der Waals surface area contributed by atoms with Gasteiger partial charge in [0.05, 0.1) is 10.4 Å². The zero-order valence-electron chi connectivity index (χ0n) is 14.2. The number of sulfonamides is 1. The highest BCUT2D eigenvalue weighted by molar-refractivity contribution is 7.94. The molecule has 0 bridgehead atoms. The molecule has 1 fully saturated rings. The lowest BCUT2D eigenvalue weighted by Crippen LogP contribution is -2.12. The van der Waals surface area contributed by atoms with Crippen LogP contribution in [0.1, 0.15) is 36.6 Å². The summed E-state index contributed by atoms with van der Waals surface area (Å²) < 4.78 is 70.7. The van der Waals surface area contributed by atoms with Crippen molar-refractivity contribution in [3.63, 3.8) is 0 Å². The van der Waals surface area contributed by atoms with Crippen LogP contribution in [0.15, 0.2) is 45.0 Å². The molecule has 2 aromatic heterocycles. The number of hydrogen-bond acceptors (Lipinski definition) is 6. The fourth-order valence-corrected chi connectivity index (χ4v) is 4.95. The predicted molar refractivity (Wildman–Crippen MR) is 96.5 cm³/mol. The van der Waals surface area contributed by atoms with E-state index in [2.05, 4.69) is 14.9 Å². The van der Waals surface area contributed by atoms with E-state index in [9.17, 15) is 21.6 Å². The van der Waals surface area contributed by atoms with Crippen molar-refractivity contribution in [3.8, 4) is 10.8 Å². The number of nitrogens with zero attached hydrogens (tertiary/aromatic N) is 2. The van der Waals surface area contributed by atoms with Crippen LogP contribution in [-0.2, 0) is 16.2 Å².